The van der Waals surface area contributed by atoms with Gasteiger partial charge in [-0.05, 0) is 13.1 Å². The Morgan fingerprint density at radius 1 is 1.35 bits per heavy atom. The largest absolute Gasteiger partial charge is 0.481 e. The Bertz CT molecular complexity index is 441. The van der Waals surface area contributed by atoms with E-state index < -0.39 is 5.97 Å². The van der Waals surface area contributed by atoms with Gasteiger partial charge in [-0.2, -0.15) is 5.10 Å². The zero-order valence-electron chi connectivity index (χ0n) is 12.0. The molecule has 0 fully saturated rings. The third-order valence-electron chi connectivity index (χ3n) is 3.02. The van der Waals surface area contributed by atoms with E-state index >= 15 is 0 Å². The Kier molecular flexibility index (Phi) is 6.72. The number of nitrogens with one attached hydrogen (secondary N) is 1. The summed E-state index contributed by atoms with van der Waals surface area (Å²) in [6, 6.07) is 0. The number of carbonyl (C=O) groups excluding carboxylic acids is 1. The van der Waals surface area contributed by atoms with Crippen molar-refractivity contribution in [2.45, 2.75) is 33.2 Å². The van der Waals surface area contributed by atoms with E-state index in [1.165, 1.54) is 0 Å². The number of anilines is 1. The highest BCUT2D eigenvalue weighted by Gasteiger charge is 2.07. The minimum absolute atomic E-state index is 0.0278. The van der Waals surface area contributed by atoms with Crippen LogP contribution in [0.4, 0.5) is 5.69 Å². The molecule has 1 aromatic rings. The van der Waals surface area contributed by atoms with Crippen LogP contribution in [0.2, 0.25) is 0 Å². The van der Waals surface area contributed by atoms with E-state index in [9.17, 15) is 9.59 Å². The zero-order chi connectivity index (χ0) is 15.0. The number of rotatable bonds is 9. The summed E-state index contributed by atoms with van der Waals surface area (Å²) in [5.74, 6) is -1.29. The summed E-state index contributed by atoms with van der Waals surface area (Å²) in [6.45, 7) is 7.88. The lowest BCUT2D eigenvalue weighted by molar-refractivity contribution is -0.138. The first kappa shape index (κ1) is 16.2. The van der Waals surface area contributed by atoms with Crippen molar-refractivity contribution in [1.82, 2.24) is 14.7 Å². The van der Waals surface area contributed by atoms with E-state index in [2.05, 4.69) is 29.2 Å². The van der Waals surface area contributed by atoms with Crippen molar-refractivity contribution in [3.8, 4) is 0 Å². The van der Waals surface area contributed by atoms with Crippen molar-refractivity contribution >= 4 is 17.6 Å². The minimum Gasteiger partial charge on any atom is -0.481 e. The summed E-state index contributed by atoms with van der Waals surface area (Å²) in [4.78, 5) is 24.1. The molecule has 0 aliphatic carbocycles. The molecule has 0 saturated carbocycles. The second-order valence-corrected chi connectivity index (χ2v) is 4.46. The number of amides is 1. The monoisotopic (exact) mass is 282 g/mol. The van der Waals surface area contributed by atoms with Crippen LogP contribution >= 0.6 is 0 Å². The molecule has 1 amide bonds. The molecule has 0 atom stereocenters. The van der Waals surface area contributed by atoms with Gasteiger partial charge in [-0.1, -0.05) is 13.8 Å². The summed E-state index contributed by atoms with van der Waals surface area (Å²) < 4.78 is 1.77. The first-order valence-electron chi connectivity index (χ1n) is 6.81. The Morgan fingerprint density at radius 3 is 2.65 bits per heavy atom. The summed E-state index contributed by atoms with van der Waals surface area (Å²) in [5, 5.41) is 15.3. The van der Waals surface area contributed by atoms with Crippen LogP contribution in [0.25, 0.3) is 0 Å². The molecule has 0 bridgehead atoms. The molecule has 7 heteroatoms. The number of hydrogen-bond donors (Lipinski definition) is 2. The lowest BCUT2D eigenvalue weighted by Gasteiger charge is -2.17. The van der Waals surface area contributed by atoms with Crippen molar-refractivity contribution in [2.75, 3.05) is 25.0 Å². The summed E-state index contributed by atoms with van der Waals surface area (Å²) in [5.41, 5.74) is 0.597. The van der Waals surface area contributed by atoms with E-state index in [1.807, 2.05) is 0 Å². The van der Waals surface area contributed by atoms with Gasteiger partial charge in [0.15, 0.2) is 0 Å². The molecule has 1 aromatic heterocycles. The average Bonchev–Trinajstić information content (AvgIpc) is 2.85. The summed E-state index contributed by atoms with van der Waals surface area (Å²) in [6.07, 6.45) is 3.13. The highest BCUT2D eigenvalue weighted by atomic mass is 16.4. The van der Waals surface area contributed by atoms with Gasteiger partial charge in [0, 0.05) is 19.2 Å². The molecule has 7 nitrogen and oxygen atoms in total. The Hall–Kier alpha value is -1.89. The second kappa shape index (κ2) is 8.31. The number of carboxylic acid groups (broad SMARTS) is 1. The molecule has 0 aromatic carbocycles. The van der Waals surface area contributed by atoms with Gasteiger partial charge in [-0.15, -0.1) is 0 Å². The fourth-order valence-electron chi connectivity index (χ4n) is 1.78. The van der Waals surface area contributed by atoms with Crippen LogP contribution in [-0.4, -0.2) is 51.3 Å². The molecule has 1 rings (SSSR count). The molecule has 0 aliphatic heterocycles. The van der Waals surface area contributed by atoms with E-state index in [1.54, 1.807) is 17.1 Å². The normalized spacial score (nSPS) is 10.8. The van der Waals surface area contributed by atoms with Crippen LogP contribution in [0, 0.1) is 0 Å². The molecule has 0 radical (unpaired) electrons. The second-order valence-electron chi connectivity index (χ2n) is 4.46. The van der Waals surface area contributed by atoms with Gasteiger partial charge in [0.1, 0.15) is 0 Å². The van der Waals surface area contributed by atoms with Crippen LogP contribution in [0.5, 0.6) is 0 Å². The molecule has 1 heterocycles. The van der Waals surface area contributed by atoms with Gasteiger partial charge in [0.25, 0.3) is 0 Å². The fourth-order valence-corrected chi connectivity index (χ4v) is 1.78. The molecule has 0 unspecified atom stereocenters. The highest BCUT2D eigenvalue weighted by molar-refractivity contribution is 5.92. The number of likely N-dealkylation sites (N-methyl/N-ethyl adjacent to an activating group) is 1. The van der Waals surface area contributed by atoms with Crippen molar-refractivity contribution in [1.29, 1.82) is 0 Å². The molecule has 112 valence electrons. The Labute approximate surface area is 118 Å². The average molecular weight is 282 g/mol. The van der Waals surface area contributed by atoms with Gasteiger partial charge < -0.3 is 15.3 Å². The third-order valence-corrected chi connectivity index (χ3v) is 3.02. The topological polar surface area (TPSA) is 87.5 Å². The molecule has 0 spiro atoms. The summed E-state index contributed by atoms with van der Waals surface area (Å²) in [7, 11) is 0. The lowest BCUT2D eigenvalue weighted by atomic mass is 10.3. The van der Waals surface area contributed by atoms with E-state index in [-0.39, 0.29) is 18.7 Å². The van der Waals surface area contributed by atoms with Crippen LogP contribution in [0.1, 0.15) is 26.7 Å². The van der Waals surface area contributed by atoms with Crippen LogP contribution in [-0.2, 0) is 16.1 Å². The highest BCUT2D eigenvalue weighted by Crippen LogP contribution is 2.06. The third kappa shape index (κ3) is 5.83. The molecule has 20 heavy (non-hydrogen) atoms. The Balaban J connectivity index is 2.39. The van der Waals surface area contributed by atoms with Crippen molar-refractivity contribution in [3.63, 3.8) is 0 Å². The molecule has 0 saturated heterocycles. The predicted octanol–water partition coefficient (Wildman–Crippen LogP) is 1.03. The first-order chi connectivity index (χ1) is 9.55. The van der Waals surface area contributed by atoms with Gasteiger partial charge in [-0.25, -0.2) is 0 Å². The van der Waals surface area contributed by atoms with Crippen LogP contribution in [0.15, 0.2) is 12.4 Å². The number of aromatic nitrogens is 2. The number of carboxylic acids is 1. The van der Waals surface area contributed by atoms with Crippen LogP contribution in [0.3, 0.4) is 0 Å². The summed E-state index contributed by atoms with van der Waals surface area (Å²) >= 11 is 0. The van der Waals surface area contributed by atoms with Gasteiger partial charge in [-0.3, -0.25) is 14.3 Å². The fraction of sp³-hybridized carbons (Fsp3) is 0.615. The van der Waals surface area contributed by atoms with E-state index in [4.69, 9.17) is 5.11 Å². The SMILES string of the molecule is CCN(CC)CCn1cc(NC(=O)CCC(=O)O)cn1. The standard InChI is InChI=1S/C13H22N4O3/c1-3-16(4-2)7-8-17-10-11(9-14-17)15-12(18)5-6-13(19)20/h9-10H,3-8H2,1-2H3,(H,15,18)(H,19,20). The molecule has 2 N–H and O–H groups in total. The van der Waals surface area contributed by atoms with E-state index in [0.717, 1.165) is 26.2 Å². The quantitative estimate of drug-likeness (QED) is 0.706. The minimum atomic E-state index is -0.977. The maximum absolute atomic E-state index is 11.5. The predicted molar refractivity (Wildman–Crippen MR) is 75.5 cm³/mol. The molecular formula is C13H22N4O3. The Morgan fingerprint density at radius 2 is 2.05 bits per heavy atom. The number of aliphatic carboxylic acids is 1. The molecule has 0 aliphatic rings. The van der Waals surface area contributed by atoms with Crippen molar-refractivity contribution in [3.05, 3.63) is 12.4 Å². The van der Waals surface area contributed by atoms with Gasteiger partial charge in [0.05, 0.1) is 24.8 Å². The zero-order valence-corrected chi connectivity index (χ0v) is 12.0. The van der Waals surface area contributed by atoms with Crippen molar-refractivity contribution < 1.29 is 14.7 Å². The maximum atomic E-state index is 11.5. The number of carbonyl (C=O) groups is 2. The van der Waals surface area contributed by atoms with Gasteiger partial charge >= 0.3 is 5.97 Å². The first-order valence-corrected chi connectivity index (χ1v) is 6.81. The number of hydrogen-bond acceptors (Lipinski definition) is 4. The molecular weight excluding hydrogens is 260 g/mol. The lowest BCUT2D eigenvalue weighted by Crippen LogP contribution is -2.27. The number of nitrogens with zero attached hydrogens (tertiary/aromatic N) is 3. The van der Waals surface area contributed by atoms with Gasteiger partial charge in [0.2, 0.25) is 5.91 Å². The van der Waals surface area contributed by atoms with Crippen molar-refractivity contribution in [2.24, 2.45) is 0 Å². The maximum Gasteiger partial charge on any atom is 0.303 e. The van der Waals surface area contributed by atoms with E-state index in [0.29, 0.717) is 5.69 Å². The smallest absolute Gasteiger partial charge is 0.303 e. The van der Waals surface area contributed by atoms with Crippen LogP contribution < -0.4 is 5.32 Å².